The lowest BCUT2D eigenvalue weighted by Gasteiger charge is -2.03. The first-order chi connectivity index (χ1) is 7.86. The second-order valence-electron chi connectivity index (χ2n) is 4.33. The predicted octanol–water partition coefficient (Wildman–Crippen LogP) is 4.38. The van der Waals surface area contributed by atoms with Crippen LogP contribution in [0.1, 0.15) is 50.2 Å². The Hall–Kier alpha value is -1.22. The molecule has 0 amide bonds. The number of terminal acetylenes is 1. The van der Waals surface area contributed by atoms with Gasteiger partial charge in [0.05, 0.1) is 0 Å². The van der Waals surface area contributed by atoms with Crippen molar-refractivity contribution < 1.29 is 0 Å². The third kappa shape index (κ3) is 5.03. The minimum atomic E-state index is 0.887. The monoisotopic (exact) mass is 214 g/mol. The first-order valence-electron chi connectivity index (χ1n) is 6.38. The second-order valence-corrected chi connectivity index (χ2v) is 4.33. The van der Waals surface area contributed by atoms with E-state index in [4.69, 9.17) is 6.42 Å². The van der Waals surface area contributed by atoms with Crippen molar-refractivity contribution in [3.05, 3.63) is 35.4 Å². The summed E-state index contributed by atoms with van der Waals surface area (Å²) < 4.78 is 0. The van der Waals surface area contributed by atoms with Gasteiger partial charge in [-0.3, -0.25) is 0 Å². The van der Waals surface area contributed by atoms with Crippen LogP contribution < -0.4 is 0 Å². The molecule has 0 N–H and O–H groups in total. The lowest BCUT2D eigenvalue weighted by Crippen LogP contribution is -1.88. The number of hydrogen-bond acceptors (Lipinski definition) is 0. The van der Waals surface area contributed by atoms with E-state index in [1.165, 1.54) is 36.8 Å². The van der Waals surface area contributed by atoms with Crippen LogP contribution in [0.2, 0.25) is 0 Å². The number of hydrogen-bond donors (Lipinski definition) is 0. The fourth-order valence-corrected chi connectivity index (χ4v) is 1.85. The Morgan fingerprint density at radius 3 is 2.00 bits per heavy atom. The number of aryl methyl sites for hydroxylation is 2. The SMILES string of the molecule is C#CCCCc1ccc(CCCCC)cc1. The lowest BCUT2D eigenvalue weighted by atomic mass is 10.0. The zero-order valence-electron chi connectivity index (χ0n) is 10.3. The zero-order chi connectivity index (χ0) is 11.6. The van der Waals surface area contributed by atoms with Gasteiger partial charge < -0.3 is 0 Å². The third-order valence-corrected chi connectivity index (χ3v) is 2.88. The van der Waals surface area contributed by atoms with Gasteiger partial charge in [-0.2, -0.15) is 0 Å². The van der Waals surface area contributed by atoms with Gasteiger partial charge in [0, 0.05) is 6.42 Å². The Balaban J connectivity index is 2.33. The molecule has 0 aromatic heterocycles. The maximum absolute atomic E-state index is 5.23. The van der Waals surface area contributed by atoms with Gasteiger partial charge in [-0.15, -0.1) is 12.3 Å². The molecule has 1 aromatic rings. The first kappa shape index (κ1) is 12.8. The Labute approximate surface area is 100 Å². The van der Waals surface area contributed by atoms with Gasteiger partial charge in [0.1, 0.15) is 0 Å². The summed E-state index contributed by atoms with van der Waals surface area (Å²) in [5, 5.41) is 0. The molecule has 0 aliphatic carbocycles. The fourth-order valence-electron chi connectivity index (χ4n) is 1.85. The Kier molecular flexibility index (Phi) is 6.42. The lowest BCUT2D eigenvalue weighted by molar-refractivity contribution is 0.717. The van der Waals surface area contributed by atoms with E-state index in [1.807, 2.05) is 0 Å². The highest BCUT2D eigenvalue weighted by Crippen LogP contribution is 2.10. The minimum absolute atomic E-state index is 0.887. The van der Waals surface area contributed by atoms with Crippen LogP contribution in [0.3, 0.4) is 0 Å². The van der Waals surface area contributed by atoms with Crippen molar-refractivity contribution in [2.75, 3.05) is 0 Å². The standard InChI is InChI=1S/C16H22/c1-3-5-7-9-15-11-13-16(14-12-15)10-8-6-4-2/h1,11-14H,4-10H2,2H3. The van der Waals surface area contributed by atoms with E-state index < -0.39 is 0 Å². The molecule has 0 saturated heterocycles. The van der Waals surface area contributed by atoms with E-state index in [9.17, 15) is 0 Å². The summed E-state index contributed by atoms with van der Waals surface area (Å²) in [7, 11) is 0. The van der Waals surface area contributed by atoms with E-state index in [1.54, 1.807) is 0 Å². The zero-order valence-corrected chi connectivity index (χ0v) is 10.3. The van der Waals surface area contributed by atoms with Crippen LogP contribution in [0.15, 0.2) is 24.3 Å². The summed E-state index contributed by atoms with van der Waals surface area (Å²) in [5.41, 5.74) is 2.88. The molecule has 0 aliphatic heterocycles. The number of unbranched alkanes of at least 4 members (excludes halogenated alkanes) is 3. The molecule has 0 atom stereocenters. The van der Waals surface area contributed by atoms with E-state index in [0.29, 0.717) is 0 Å². The maximum atomic E-state index is 5.23. The van der Waals surface area contributed by atoms with Crippen molar-refractivity contribution in [1.29, 1.82) is 0 Å². The Morgan fingerprint density at radius 2 is 1.50 bits per heavy atom. The summed E-state index contributed by atoms with van der Waals surface area (Å²) >= 11 is 0. The van der Waals surface area contributed by atoms with Crippen LogP contribution in [-0.2, 0) is 12.8 Å². The molecule has 0 nitrogen and oxygen atoms in total. The third-order valence-electron chi connectivity index (χ3n) is 2.88. The molecule has 0 heteroatoms. The van der Waals surface area contributed by atoms with Gasteiger partial charge >= 0.3 is 0 Å². The van der Waals surface area contributed by atoms with E-state index in [0.717, 1.165) is 19.3 Å². The van der Waals surface area contributed by atoms with Crippen molar-refractivity contribution in [3.8, 4) is 12.3 Å². The average molecular weight is 214 g/mol. The minimum Gasteiger partial charge on any atom is -0.120 e. The van der Waals surface area contributed by atoms with E-state index in [2.05, 4.69) is 37.1 Å². The molecule has 0 unspecified atom stereocenters. The molecule has 0 spiro atoms. The molecule has 0 fully saturated rings. The summed E-state index contributed by atoms with van der Waals surface area (Å²) in [6, 6.07) is 9.03. The van der Waals surface area contributed by atoms with Crippen molar-refractivity contribution in [2.45, 2.75) is 51.9 Å². The first-order valence-corrected chi connectivity index (χ1v) is 6.38. The van der Waals surface area contributed by atoms with Crippen LogP contribution in [-0.4, -0.2) is 0 Å². The molecular weight excluding hydrogens is 192 g/mol. The summed E-state index contributed by atoms with van der Waals surface area (Å²) in [6.45, 7) is 2.24. The summed E-state index contributed by atoms with van der Waals surface area (Å²) in [5.74, 6) is 2.68. The molecule has 0 heterocycles. The highest BCUT2D eigenvalue weighted by atomic mass is 14.0. The van der Waals surface area contributed by atoms with Crippen molar-refractivity contribution >= 4 is 0 Å². The van der Waals surface area contributed by atoms with Gasteiger partial charge in [-0.1, -0.05) is 44.0 Å². The van der Waals surface area contributed by atoms with Crippen LogP contribution in [0.5, 0.6) is 0 Å². The van der Waals surface area contributed by atoms with Crippen LogP contribution in [0.4, 0.5) is 0 Å². The quantitative estimate of drug-likeness (QED) is 0.467. The number of rotatable bonds is 7. The van der Waals surface area contributed by atoms with Gasteiger partial charge in [0.25, 0.3) is 0 Å². The van der Waals surface area contributed by atoms with Gasteiger partial charge in [0.15, 0.2) is 0 Å². The summed E-state index contributed by atoms with van der Waals surface area (Å²) in [6.07, 6.45) is 13.5. The highest BCUT2D eigenvalue weighted by Gasteiger charge is 1.95. The highest BCUT2D eigenvalue weighted by molar-refractivity contribution is 5.22. The largest absolute Gasteiger partial charge is 0.120 e. The smallest absolute Gasteiger partial charge is 0.00892 e. The molecule has 0 radical (unpaired) electrons. The molecular formula is C16H22. The Morgan fingerprint density at radius 1 is 0.938 bits per heavy atom. The van der Waals surface area contributed by atoms with Crippen molar-refractivity contribution in [1.82, 2.24) is 0 Å². The van der Waals surface area contributed by atoms with Gasteiger partial charge in [-0.25, -0.2) is 0 Å². The second kappa shape index (κ2) is 7.99. The van der Waals surface area contributed by atoms with Crippen LogP contribution in [0.25, 0.3) is 0 Å². The molecule has 1 aromatic carbocycles. The van der Waals surface area contributed by atoms with Crippen LogP contribution in [0, 0.1) is 12.3 Å². The van der Waals surface area contributed by atoms with Gasteiger partial charge in [0.2, 0.25) is 0 Å². The van der Waals surface area contributed by atoms with Crippen LogP contribution >= 0.6 is 0 Å². The summed E-state index contributed by atoms with van der Waals surface area (Å²) in [4.78, 5) is 0. The van der Waals surface area contributed by atoms with E-state index >= 15 is 0 Å². The average Bonchev–Trinajstić information content (AvgIpc) is 2.32. The number of benzene rings is 1. The van der Waals surface area contributed by atoms with Gasteiger partial charge in [-0.05, 0) is 36.8 Å². The van der Waals surface area contributed by atoms with Crippen molar-refractivity contribution in [3.63, 3.8) is 0 Å². The predicted molar refractivity (Wildman–Crippen MR) is 71.4 cm³/mol. The fraction of sp³-hybridized carbons (Fsp3) is 0.500. The molecule has 0 saturated carbocycles. The normalized spacial score (nSPS) is 10.0. The maximum Gasteiger partial charge on any atom is 0.00892 e. The Bertz CT molecular complexity index is 313. The molecule has 0 bridgehead atoms. The molecule has 1 rings (SSSR count). The van der Waals surface area contributed by atoms with Crippen molar-refractivity contribution in [2.24, 2.45) is 0 Å². The molecule has 16 heavy (non-hydrogen) atoms. The van der Waals surface area contributed by atoms with E-state index in [-0.39, 0.29) is 0 Å². The molecule has 0 aliphatic rings. The molecule has 86 valence electrons. The topological polar surface area (TPSA) is 0 Å².